The number of carbonyl (C=O) groups excluding carboxylic acids is 1. The van der Waals surface area contributed by atoms with Gasteiger partial charge in [-0.1, -0.05) is 63.4 Å². The molecule has 0 saturated carbocycles. The van der Waals surface area contributed by atoms with Gasteiger partial charge in [-0.25, -0.2) is 4.21 Å². The number of anilines is 1. The molecule has 0 spiro atoms. The Labute approximate surface area is 199 Å². The van der Waals surface area contributed by atoms with Crippen molar-refractivity contribution in [3.63, 3.8) is 0 Å². The van der Waals surface area contributed by atoms with Gasteiger partial charge >= 0.3 is 0 Å². The van der Waals surface area contributed by atoms with Gasteiger partial charge in [0.2, 0.25) is 5.91 Å². The highest BCUT2D eigenvalue weighted by Crippen LogP contribution is 2.29. The van der Waals surface area contributed by atoms with E-state index in [1.54, 1.807) is 16.4 Å². The van der Waals surface area contributed by atoms with Crippen molar-refractivity contribution in [3.8, 4) is 0 Å². The highest BCUT2D eigenvalue weighted by molar-refractivity contribution is 9.10. The molecule has 1 amide bonds. The van der Waals surface area contributed by atoms with E-state index in [2.05, 4.69) is 21.2 Å². The van der Waals surface area contributed by atoms with Crippen molar-refractivity contribution in [2.75, 3.05) is 17.4 Å². The maximum Gasteiger partial charge on any atom is 0.240 e. The zero-order valence-electron chi connectivity index (χ0n) is 17.4. The minimum absolute atomic E-state index is 0.0397. The zero-order valence-corrected chi connectivity index (χ0v) is 20.6. The summed E-state index contributed by atoms with van der Waals surface area (Å²) in [5.74, 6) is -0.197. The van der Waals surface area contributed by atoms with E-state index < -0.39 is 11.0 Å². The summed E-state index contributed by atoms with van der Waals surface area (Å²) in [4.78, 5) is 13.4. The molecule has 1 N–H and O–H groups in total. The maximum absolute atomic E-state index is 13.4. The second-order valence-corrected chi connectivity index (χ2v) is 9.94. The van der Waals surface area contributed by atoms with Crippen LogP contribution in [0.4, 0.5) is 5.69 Å². The number of benzene rings is 3. The Bertz CT molecular complexity index is 1070. The van der Waals surface area contributed by atoms with Crippen LogP contribution >= 0.6 is 27.5 Å². The van der Waals surface area contributed by atoms with Crippen LogP contribution in [0.5, 0.6) is 0 Å². The second-order valence-electron chi connectivity index (χ2n) is 7.21. The number of halogens is 2. The van der Waals surface area contributed by atoms with Crippen LogP contribution in [0.15, 0.2) is 76.1 Å². The van der Waals surface area contributed by atoms with Crippen LogP contribution in [-0.4, -0.2) is 23.2 Å². The van der Waals surface area contributed by atoms with Gasteiger partial charge in [0.05, 0.1) is 10.6 Å². The van der Waals surface area contributed by atoms with Crippen LogP contribution in [0.1, 0.15) is 16.7 Å². The van der Waals surface area contributed by atoms with Crippen LogP contribution in [0.25, 0.3) is 0 Å². The third-order valence-electron chi connectivity index (χ3n) is 4.87. The smallest absolute Gasteiger partial charge is 0.240 e. The molecule has 0 heterocycles. The summed E-state index contributed by atoms with van der Waals surface area (Å²) in [6.07, 6.45) is 0.719. The predicted octanol–water partition coefficient (Wildman–Crippen LogP) is 5.61. The van der Waals surface area contributed by atoms with Crippen molar-refractivity contribution in [2.45, 2.75) is 25.2 Å². The number of rotatable bonds is 8. The van der Waals surface area contributed by atoms with Gasteiger partial charge in [0.15, 0.2) is 11.0 Å². The fraction of sp³-hybridized carbons (Fsp3) is 0.208. The summed E-state index contributed by atoms with van der Waals surface area (Å²) < 4.78 is 16.0. The number of hydrogen-bond acceptors (Lipinski definition) is 2. The Morgan fingerprint density at radius 3 is 2.39 bits per heavy atom. The molecule has 1 atom stereocenters. The summed E-state index contributed by atoms with van der Waals surface area (Å²) in [6, 6.07) is 20.9. The van der Waals surface area contributed by atoms with E-state index in [9.17, 15) is 9.00 Å². The molecule has 0 aliphatic rings. The standard InChI is InChI=1S/C24H24BrClN2O2S/c1-17-6-12-21(13-7-17)31(30)28(23-5-3-4-22(26)18(23)2)16-24(29)27-15-14-19-8-10-20(25)11-9-19/h3-13H,14-16H2,1-2H3,(H,27,29). The van der Waals surface area contributed by atoms with Gasteiger partial charge < -0.3 is 5.32 Å². The van der Waals surface area contributed by atoms with Gasteiger partial charge in [-0.05, 0) is 67.8 Å². The number of nitrogens with zero attached hydrogens (tertiary/aromatic N) is 1. The van der Waals surface area contributed by atoms with E-state index >= 15 is 0 Å². The van der Waals surface area contributed by atoms with Gasteiger partial charge in [0.1, 0.15) is 6.54 Å². The first-order valence-corrected chi connectivity index (χ1v) is 12.2. The number of aryl methyl sites for hydroxylation is 1. The Morgan fingerprint density at radius 2 is 1.71 bits per heavy atom. The second kappa shape index (κ2) is 10.9. The molecule has 0 aliphatic carbocycles. The summed E-state index contributed by atoms with van der Waals surface area (Å²) in [7, 11) is -1.56. The largest absolute Gasteiger partial charge is 0.354 e. The summed E-state index contributed by atoms with van der Waals surface area (Å²) in [6.45, 7) is 4.30. The fourth-order valence-electron chi connectivity index (χ4n) is 3.06. The first kappa shape index (κ1) is 23.5. The SMILES string of the molecule is Cc1ccc(S(=O)N(CC(=O)NCCc2ccc(Br)cc2)c2cccc(Cl)c2C)cc1. The zero-order chi connectivity index (χ0) is 22.4. The van der Waals surface area contributed by atoms with Gasteiger partial charge in [0.25, 0.3) is 0 Å². The van der Waals surface area contributed by atoms with Gasteiger partial charge in [-0.2, -0.15) is 0 Å². The molecule has 3 aromatic carbocycles. The Kier molecular flexibility index (Phi) is 8.29. The summed E-state index contributed by atoms with van der Waals surface area (Å²) in [5.41, 5.74) is 3.67. The number of amides is 1. The topological polar surface area (TPSA) is 49.4 Å². The minimum Gasteiger partial charge on any atom is -0.354 e. The molecular formula is C24H24BrClN2O2S. The number of hydrogen-bond donors (Lipinski definition) is 1. The third-order valence-corrected chi connectivity index (χ3v) is 7.21. The quantitative estimate of drug-likeness (QED) is 0.421. The predicted molar refractivity (Wildman–Crippen MR) is 132 cm³/mol. The van der Waals surface area contributed by atoms with Gasteiger partial charge in [-0.15, -0.1) is 0 Å². The van der Waals surface area contributed by atoms with Crippen molar-refractivity contribution in [1.29, 1.82) is 0 Å². The molecule has 162 valence electrons. The van der Waals surface area contributed by atoms with Crippen LogP contribution in [-0.2, 0) is 22.2 Å². The fourth-order valence-corrected chi connectivity index (χ4v) is 4.73. The van der Waals surface area contributed by atoms with E-state index in [4.69, 9.17) is 11.6 Å². The molecule has 3 rings (SSSR count). The minimum atomic E-state index is -1.56. The first-order chi connectivity index (χ1) is 14.8. The average molecular weight is 520 g/mol. The van der Waals surface area contributed by atoms with Crippen LogP contribution in [0, 0.1) is 13.8 Å². The summed E-state index contributed by atoms with van der Waals surface area (Å²) in [5, 5.41) is 3.50. The molecule has 0 radical (unpaired) electrons. The molecule has 1 unspecified atom stereocenters. The maximum atomic E-state index is 13.4. The van der Waals surface area contributed by atoms with Crippen molar-refractivity contribution >= 4 is 50.1 Å². The van der Waals surface area contributed by atoms with Crippen molar-refractivity contribution < 1.29 is 9.00 Å². The Hall–Kier alpha value is -2.15. The van der Waals surface area contributed by atoms with Crippen LogP contribution in [0.2, 0.25) is 5.02 Å². The molecular weight excluding hydrogens is 496 g/mol. The lowest BCUT2D eigenvalue weighted by atomic mass is 10.1. The highest BCUT2D eigenvalue weighted by Gasteiger charge is 2.22. The lowest BCUT2D eigenvalue weighted by molar-refractivity contribution is -0.119. The van der Waals surface area contributed by atoms with E-state index in [1.165, 1.54) is 0 Å². The van der Waals surface area contributed by atoms with Crippen molar-refractivity contribution in [1.82, 2.24) is 5.32 Å². The monoisotopic (exact) mass is 518 g/mol. The average Bonchev–Trinajstić information content (AvgIpc) is 2.76. The number of carbonyl (C=O) groups is 1. The van der Waals surface area contributed by atoms with Crippen LogP contribution in [0.3, 0.4) is 0 Å². The highest BCUT2D eigenvalue weighted by atomic mass is 79.9. The molecule has 0 aromatic heterocycles. The number of nitrogens with one attached hydrogen (secondary N) is 1. The van der Waals surface area contributed by atoms with Crippen molar-refractivity contribution in [2.24, 2.45) is 0 Å². The van der Waals surface area contributed by atoms with E-state index in [1.807, 2.05) is 68.4 Å². The third kappa shape index (κ3) is 6.42. The Balaban J connectivity index is 1.75. The molecule has 31 heavy (non-hydrogen) atoms. The molecule has 3 aromatic rings. The van der Waals surface area contributed by atoms with Crippen molar-refractivity contribution in [3.05, 3.63) is 92.9 Å². The molecule has 0 fully saturated rings. The molecule has 0 saturated heterocycles. The summed E-state index contributed by atoms with van der Waals surface area (Å²) >= 11 is 9.72. The van der Waals surface area contributed by atoms with E-state index in [0.29, 0.717) is 22.2 Å². The lowest BCUT2D eigenvalue weighted by Crippen LogP contribution is -2.39. The molecule has 0 aliphatic heterocycles. The van der Waals surface area contributed by atoms with E-state index in [0.717, 1.165) is 27.6 Å². The van der Waals surface area contributed by atoms with Crippen LogP contribution < -0.4 is 9.62 Å². The van der Waals surface area contributed by atoms with Gasteiger partial charge in [0, 0.05) is 16.0 Å². The van der Waals surface area contributed by atoms with E-state index in [-0.39, 0.29) is 12.5 Å². The Morgan fingerprint density at radius 1 is 1.03 bits per heavy atom. The first-order valence-electron chi connectivity index (χ1n) is 9.87. The lowest BCUT2D eigenvalue weighted by Gasteiger charge is -2.25. The molecule has 4 nitrogen and oxygen atoms in total. The molecule has 0 bridgehead atoms. The normalized spacial score (nSPS) is 11.7. The molecule has 7 heteroatoms. The van der Waals surface area contributed by atoms with Gasteiger partial charge in [-0.3, -0.25) is 9.10 Å².